The Morgan fingerprint density at radius 2 is 1.90 bits per heavy atom. The maximum Gasteiger partial charge on any atom is 0.317 e. The smallest absolute Gasteiger partial charge is 0.317 e. The zero-order chi connectivity index (χ0) is 14.7. The minimum absolute atomic E-state index is 0.199. The van der Waals surface area contributed by atoms with Crippen LogP contribution in [0.3, 0.4) is 0 Å². The number of carbonyl (C=O) groups excluding carboxylic acids is 1. The second-order valence-electron chi connectivity index (χ2n) is 5.50. The Hall–Kier alpha value is -2.04. The van der Waals surface area contributed by atoms with Gasteiger partial charge >= 0.3 is 12.0 Å². The van der Waals surface area contributed by atoms with Crippen molar-refractivity contribution in [1.82, 2.24) is 10.2 Å². The van der Waals surface area contributed by atoms with Crippen LogP contribution in [-0.4, -0.2) is 35.1 Å². The Balaban J connectivity index is 1.78. The highest BCUT2D eigenvalue weighted by molar-refractivity contribution is 5.79. The molecular formula is C15H20N2O3. The zero-order valence-electron chi connectivity index (χ0n) is 11.8. The molecule has 0 aliphatic carbocycles. The summed E-state index contributed by atoms with van der Waals surface area (Å²) in [4.78, 5) is 23.9. The summed E-state index contributed by atoms with van der Waals surface area (Å²) in [6, 6.07) is 7.94. The number of rotatable bonds is 4. The fourth-order valence-electron chi connectivity index (χ4n) is 2.11. The minimum atomic E-state index is -0.835. The third-order valence-electron chi connectivity index (χ3n) is 3.61. The number of likely N-dealkylation sites (tertiary alicyclic amines) is 1. The van der Waals surface area contributed by atoms with E-state index in [1.807, 2.05) is 12.1 Å². The molecule has 0 radical (unpaired) electrons. The summed E-state index contributed by atoms with van der Waals surface area (Å²) in [6.07, 6.45) is 0. The molecule has 0 spiro atoms. The summed E-state index contributed by atoms with van der Waals surface area (Å²) in [5, 5.41) is 11.6. The van der Waals surface area contributed by atoms with Gasteiger partial charge in [0.15, 0.2) is 0 Å². The first-order chi connectivity index (χ1) is 9.47. The summed E-state index contributed by atoms with van der Waals surface area (Å²) in [7, 11) is 0. The van der Waals surface area contributed by atoms with E-state index in [1.54, 1.807) is 0 Å². The number of carboxylic acid groups (broad SMARTS) is 1. The van der Waals surface area contributed by atoms with Crippen molar-refractivity contribution in [3.8, 4) is 0 Å². The van der Waals surface area contributed by atoms with Crippen LogP contribution in [0.2, 0.25) is 0 Å². The quantitative estimate of drug-likeness (QED) is 0.884. The van der Waals surface area contributed by atoms with Crippen molar-refractivity contribution in [2.45, 2.75) is 26.3 Å². The van der Waals surface area contributed by atoms with Crippen LogP contribution in [0.1, 0.15) is 30.9 Å². The van der Waals surface area contributed by atoms with Crippen molar-refractivity contribution in [3.05, 3.63) is 35.4 Å². The van der Waals surface area contributed by atoms with Crippen molar-refractivity contribution in [2.24, 2.45) is 5.92 Å². The van der Waals surface area contributed by atoms with Crippen molar-refractivity contribution in [2.75, 3.05) is 13.1 Å². The van der Waals surface area contributed by atoms with Gasteiger partial charge in [-0.05, 0) is 17.0 Å². The molecule has 2 N–H and O–H groups in total. The van der Waals surface area contributed by atoms with E-state index in [4.69, 9.17) is 5.11 Å². The van der Waals surface area contributed by atoms with Crippen LogP contribution in [0.4, 0.5) is 4.79 Å². The molecule has 0 aromatic heterocycles. The predicted octanol–water partition coefficient (Wildman–Crippen LogP) is 2.04. The van der Waals surface area contributed by atoms with Gasteiger partial charge < -0.3 is 15.3 Å². The van der Waals surface area contributed by atoms with Crippen LogP contribution in [-0.2, 0) is 11.3 Å². The Bertz CT molecular complexity index is 490. The number of carbonyl (C=O) groups is 2. The van der Waals surface area contributed by atoms with Gasteiger partial charge in [0.2, 0.25) is 0 Å². The highest BCUT2D eigenvalue weighted by Crippen LogP contribution is 2.16. The van der Waals surface area contributed by atoms with E-state index in [-0.39, 0.29) is 6.03 Å². The second-order valence-corrected chi connectivity index (χ2v) is 5.50. The number of amides is 2. The fraction of sp³-hybridized carbons (Fsp3) is 0.467. The van der Waals surface area contributed by atoms with Gasteiger partial charge in [0.1, 0.15) is 0 Å². The van der Waals surface area contributed by atoms with Crippen LogP contribution in [0.25, 0.3) is 0 Å². The molecule has 1 aliphatic heterocycles. The molecule has 2 amide bonds. The third kappa shape index (κ3) is 3.29. The molecule has 0 unspecified atom stereocenters. The summed E-state index contributed by atoms with van der Waals surface area (Å²) in [6.45, 7) is 5.34. The average Bonchev–Trinajstić information content (AvgIpc) is 2.34. The first-order valence-corrected chi connectivity index (χ1v) is 6.81. The zero-order valence-corrected chi connectivity index (χ0v) is 11.8. The van der Waals surface area contributed by atoms with Crippen LogP contribution >= 0.6 is 0 Å². The molecule has 2 rings (SSSR count). The van der Waals surface area contributed by atoms with Crippen molar-refractivity contribution < 1.29 is 14.7 Å². The maximum absolute atomic E-state index is 11.8. The molecule has 1 aromatic rings. The van der Waals surface area contributed by atoms with Crippen LogP contribution in [0, 0.1) is 5.92 Å². The van der Waals surface area contributed by atoms with Gasteiger partial charge in [-0.2, -0.15) is 0 Å². The van der Waals surface area contributed by atoms with Crippen LogP contribution in [0.15, 0.2) is 24.3 Å². The Labute approximate surface area is 118 Å². The van der Waals surface area contributed by atoms with Crippen molar-refractivity contribution in [3.63, 3.8) is 0 Å². The molecule has 1 fully saturated rings. The van der Waals surface area contributed by atoms with Gasteiger partial charge in [-0.25, -0.2) is 4.79 Å². The molecule has 108 valence electrons. The normalized spacial score (nSPS) is 15.1. The van der Waals surface area contributed by atoms with E-state index in [2.05, 4.69) is 31.3 Å². The molecular weight excluding hydrogens is 256 g/mol. The second kappa shape index (κ2) is 5.94. The van der Waals surface area contributed by atoms with Crippen molar-refractivity contribution >= 4 is 12.0 Å². The van der Waals surface area contributed by atoms with E-state index in [0.29, 0.717) is 25.6 Å². The molecule has 0 saturated carbocycles. The summed E-state index contributed by atoms with van der Waals surface area (Å²) in [5.41, 5.74) is 2.31. The monoisotopic (exact) mass is 276 g/mol. The molecule has 1 aliphatic rings. The van der Waals surface area contributed by atoms with Gasteiger partial charge in [0.25, 0.3) is 0 Å². The number of hydrogen-bond acceptors (Lipinski definition) is 2. The largest absolute Gasteiger partial charge is 0.481 e. The number of hydrogen-bond donors (Lipinski definition) is 2. The molecule has 1 heterocycles. The lowest BCUT2D eigenvalue weighted by Gasteiger charge is -2.36. The van der Waals surface area contributed by atoms with Gasteiger partial charge in [-0.3, -0.25) is 4.79 Å². The molecule has 20 heavy (non-hydrogen) atoms. The number of benzene rings is 1. The highest BCUT2D eigenvalue weighted by Gasteiger charge is 2.35. The van der Waals surface area contributed by atoms with Crippen LogP contribution in [0.5, 0.6) is 0 Å². The highest BCUT2D eigenvalue weighted by atomic mass is 16.4. The third-order valence-corrected chi connectivity index (χ3v) is 3.61. The number of urea groups is 1. The van der Waals surface area contributed by atoms with E-state index in [9.17, 15) is 9.59 Å². The predicted molar refractivity (Wildman–Crippen MR) is 75.5 cm³/mol. The lowest BCUT2D eigenvalue weighted by atomic mass is 10.0. The van der Waals surface area contributed by atoms with Crippen molar-refractivity contribution in [1.29, 1.82) is 0 Å². The minimum Gasteiger partial charge on any atom is -0.481 e. The Morgan fingerprint density at radius 3 is 2.40 bits per heavy atom. The number of nitrogens with zero attached hydrogens (tertiary/aromatic N) is 1. The average molecular weight is 276 g/mol. The molecule has 1 saturated heterocycles. The van der Waals surface area contributed by atoms with Gasteiger partial charge in [0, 0.05) is 19.6 Å². The standard InChI is InChI=1S/C15H20N2O3/c1-10(2)12-5-3-11(4-6-12)7-16-15(20)17-8-13(9-17)14(18)19/h3-6,10,13H,7-9H2,1-2H3,(H,16,20)(H,18,19). The topological polar surface area (TPSA) is 69.6 Å². The van der Waals surface area contributed by atoms with E-state index >= 15 is 0 Å². The fourth-order valence-corrected chi connectivity index (χ4v) is 2.11. The SMILES string of the molecule is CC(C)c1ccc(CNC(=O)N2CC(C(=O)O)C2)cc1. The molecule has 1 aromatic carbocycles. The van der Waals surface area contributed by atoms with E-state index in [0.717, 1.165) is 5.56 Å². The van der Waals surface area contributed by atoms with Gasteiger partial charge in [-0.15, -0.1) is 0 Å². The van der Waals surface area contributed by atoms with Gasteiger partial charge in [0.05, 0.1) is 5.92 Å². The van der Waals surface area contributed by atoms with E-state index in [1.165, 1.54) is 10.5 Å². The Kier molecular flexibility index (Phi) is 4.27. The lowest BCUT2D eigenvalue weighted by molar-refractivity contribution is -0.146. The Morgan fingerprint density at radius 1 is 1.30 bits per heavy atom. The first kappa shape index (κ1) is 14.4. The molecule has 5 nitrogen and oxygen atoms in total. The molecule has 0 atom stereocenters. The maximum atomic E-state index is 11.8. The lowest BCUT2D eigenvalue weighted by Crippen LogP contribution is -2.56. The molecule has 5 heteroatoms. The summed E-state index contributed by atoms with van der Waals surface area (Å²) in [5.74, 6) is -0.753. The number of carboxylic acids is 1. The number of aliphatic carboxylic acids is 1. The molecule has 0 bridgehead atoms. The van der Waals surface area contributed by atoms with Crippen LogP contribution < -0.4 is 5.32 Å². The van der Waals surface area contributed by atoms with Gasteiger partial charge in [-0.1, -0.05) is 38.1 Å². The first-order valence-electron chi connectivity index (χ1n) is 6.81. The van der Waals surface area contributed by atoms with E-state index < -0.39 is 11.9 Å². The number of nitrogens with one attached hydrogen (secondary N) is 1. The summed E-state index contributed by atoms with van der Waals surface area (Å²) < 4.78 is 0. The summed E-state index contributed by atoms with van der Waals surface area (Å²) >= 11 is 0.